The van der Waals surface area contributed by atoms with Gasteiger partial charge in [0.2, 0.25) is 5.91 Å². The summed E-state index contributed by atoms with van der Waals surface area (Å²) in [6.07, 6.45) is 1.60. The summed E-state index contributed by atoms with van der Waals surface area (Å²) >= 11 is 0. The Labute approximate surface area is 123 Å². The van der Waals surface area contributed by atoms with Gasteiger partial charge in [-0.1, -0.05) is 18.2 Å². The molecule has 2 rings (SSSR count). The molecule has 0 aliphatic carbocycles. The predicted octanol–water partition coefficient (Wildman–Crippen LogP) is 3.04. The summed E-state index contributed by atoms with van der Waals surface area (Å²) in [7, 11) is 1.73. The number of unbranched alkanes of at least 4 members (excludes halogenated alkanes) is 1. The van der Waals surface area contributed by atoms with E-state index in [-0.39, 0.29) is 12.3 Å². The lowest BCUT2D eigenvalue weighted by atomic mass is 10.2. The number of aliphatic carboxylic acids is 1. The first-order valence-electron chi connectivity index (χ1n) is 6.99. The van der Waals surface area contributed by atoms with E-state index in [1.54, 1.807) is 11.9 Å². The van der Waals surface area contributed by atoms with E-state index < -0.39 is 5.97 Å². The molecule has 0 spiro atoms. The number of amides is 1. The second-order valence-electron chi connectivity index (χ2n) is 5.10. The van der Waals surface area contributed by atoms with Crippen LogP contribution in [-0.4, -0.2) is 28.9 Å². The lowest BCUT2D eigenvalue weighted by Gasteiger charge is -2.15. The van der Waals surface area contributed by atoms with Crippen molar-refractivity contribution < 1.29 is 19.1 Å². The number of carboxylic acid groups (broad SMARTS) is 1. The van der Waals surface area contributed by atoms with Crippen molar-refractivity contribution in [3.05, 3.63) is 36.1 Å². The number of hydrogen-bond donors (Lipinski definition) is 1. The molecule has 1 aromatic carbocycles. The Morgan fingerprint density at radius 2 is 1.90 bits per heavy atom. The van der Waals surface area contributed by atoms with Crippen molar-refractivity contribution in [3.8, 4) is 0 Å². The number of nitrogens with zero attached hydrogens (tertiary/aromatic N) is 1. The quantitative estimate of drug-likeness (QED) is 0.795. The van der Waals surface area contributed by atoms with E-state index in [0.29, 0.717) is 25.8 Å². The summed E-state index contributed by atoms with van der Waals surface area (Å²) in [6, 6.07) is 9.65. The van der Waals surface area contributed by atoms with Crippen LogP contribution in [0.5, 0.6) is 0 Å². The molecule has 2 aromatic rings. The molecule has 0 unspecified atom stereocenters. The highest BCUT2D eigenvalue weighted by atomic mass is 16.4. The molecule has 1 amide bonds. The number of rotatable bonds is 7. The van der Waals surface area contributed by atoms with Gasteiger partial charge in [-0.05, 0) is 25.0 Å². The lowest BCUT2D eigenvalue weighted by Crippen LogP contribution is -2.25. The Bertz CT molecular complexity index is 599. The number of hydrogen-bond acceptors (Lipinski definition) is 3. The maximum absolute atomic E-state index is 11.9. The van der Waals surface area contributed by atoms with Crippen molar-refractivity contribution in [3.63, 3.8) is 0 Å². The molecule has 1 N–H and O–H groups in total. The lowest BCUT2D eigenvalue weighted by molar-refractivity contribution is -0.137. The molecular formula is C16H19NO4. The van der Waals surface area contributed by atoms with Crippen LogP contribution in [0.1, 0.15) is 31.4 Å². The van der Waals surface area contributed by atoms with Crippen LogP contribution in [0.25, 0.3) is 11.0 Å². The van der Waals surface area contributed by atoms with Crippen LogP contribution < -0.4 is 0 Å². The van der Waals surface area contributed by atoms with Crippen molar-refractivity contribution in [1.82, 2.24) is 4.90 Å². The zero-order valence-corrected chi connectivity index (χ0v) is 12.0. The van der Waals surface area contributed by atoms with E-state index in [1.807, 2.05) is 30.3 Å². The molecule has 1 aromatic heterocycles. The Hall–Kier alpha value is -2.30. The Kier molecular flexibility index (Phi) is 4.98. The van der Waals surface area contributed by atoms with E-state index in [2.05, 4.69) is 0 Å². The van der Waals surface area contributed by atoms with E-state index in [9.17, 15) is 9.59 Å². The van der Waals surface area contributed by atoms with Gasteiger partial charge >= 0.3 is 5.97 Å². The molecular weight excluding hydrogens is 270 g/mol. The average Bonchev–Trinajstić information content (AvgIpc) is 2.85. The highest BCUT2D eigenvalue weighted by Crippen LogP contribution is 2.20. The van der Waals surface area contributed by atoms with Gasteiger partial charge in [-0.2, -0.15) is 0 Å². The summed E-state index contributed by atoms with van der Waals surface area (Å²) in [4.78, 5) is 24.0. The number of para-hydroxylation sites is 1. The fraction of sp³-hybridized carbons (Fsp3) is 0.375. The van der Waals surface area contributed by atoms with Gasteiger partial charge in [0.25, 0.3) is 0 Å². The van der Waals surface area contributed by atoms with Gasteiger partial charge in [0.05, 0.1) is 6.54 Å². The van der Waals surface area contributed by atoms with Crippen LogP contribution in [0, 0.1) is 0 Å². The largest absolute Gasteiger partial charge is 0.481 e. The summed E-state index contributed by atoms with van der Waals surface area (Å²) in [5.74, 6) is -0.0727. The monoisotopic (exact) mass is 289 g/mol. The normalized spacial score (nSPS) is 10.7. The summed E-state index contributed by atoms with van der Waals surface area (Å²) in [6.45, 7) is 0.423. The first kappa shape index (κ1) is 15.1. The van der Waals surface area contributed by atoms with Crippen molar-refractivity contribution in [1.29, 1.82) is 0 Å². The Morgan fingerprint density at radius 1 is 1.19 bits per heavy atom. The second-order valence-corrected chi connectivity index (χ2v) is 5.10. The third-order valence-corrected chi connectivity index (χ3v) is 3.33. The van der Waals surface area contributed by atoms with E-state index in [1.165, 1.54) is 0 Å². The molecule has 0 bridgehead atoms. The first-order valence-corrected chi connectivity index (χ1v) is 6.99. The Morgan fingerprint density at radius 3 is 2.62 bits per heavy atom. The Balaban J connectivity index is 1.84. The zero-order valence-electron chi connectivity index (χ0n) is 12.0. The molecule has 1 heterocycles. The van der Waals surface area contributed by atoms with Gasteiger partial charge in [-0.25, -0.2) is 0 Å². The van der Waals surface area contributed by atoms with Gasteiger partial charge in [-0.3, -0.25) is 9.59 Å². The molecule has 0 aliphatic heterocycles. The molecule has 0 saturated carbocycles. The van der Waals surface area contributed by atoms with Gasteiger partial charge < -0.3 is 14.4 Å². The number of carbonyl (C=O) groups excluding carboxylic acids is 1. The standard InChI is InChI=1S/C16H19NO4/c1-17(15(18)8-4-5-9-16(19)20)11-13-10-12-6-2-3-7-14(12)21-13/h2-3,6-7,10H,4-5,8-9,11H2,1H3,(H,19,20). The molecule has 0 aliphatic rings. The third-order valence-electron chi connectivity index (χ3n) is 3.33. The van der Waals surface area contributed by atoms with Crippen LogP contribution in [0.2, 0.25) is 0 Å². The minimum absolute atomic E-state index is 0.000782. The van der Waals surface area contributed by atoms with Crippen LogP contribution in [0.4, 0.5) is 0 Å². The summed E-state index contributed by atoms with van der Waals surface area (Å²) < 4.78 is 5.67. The van der Waals surface area contributed by atoms with E-state index in [0.717, 1.165) is 16.7 Å². The first-order chi connectivity index (χ1) is 10.1. The van der Waals surface area contributed by atoms with Crippen molar-refractivity contribution in [2.24, 2.45) is 0 Å². The number of furan rings is 1. The summed E-state index contributed by atoms with van der Waals surface area (Å²) in [5, 5.41) is 9.57. The fourth-order valence-corrected chi connectivity index (χ4v) is 2.18. The molecule has 0 radical (unpaired) electrons. The minimum atomic E-state index is -0.821. The summed E-state index contributed by atoms with van der Waals surface area (Å²) in [5.41, 5.74) is 0.815. The van der Waals surface area contributed by atoms with Crippen LogP contribution in [0.15, 0.2) is 34.7 Å². The maximum Gasteiger partial charge on any atom is 0.303 e. The SMILES string of the molecule is CN(Cc1cc2ccccc2o1)C(=O)CCCCC(=O)O. The molecule has 0 atom stereocenters. The number of carboxylic acids is 1. The van der Waals surface area contributed by atoms with E-state index in [4.69, 9.17) is 9.52 Å². The second kappa shape index (κ2) is 6.92. The van der Waals surface area contributed by atoms with Crippen molar-refractivity contribution in [2.45, 2.75) is 32.2 Å². The molecule has 0 saturated heterocycles. The van der Waals surface area contributed by atoms with Crippen LogP contribution in [0.3, 0.4) is 0 Å². The topological polar surface area (TPSA) is 70.8 Å². The van der Waals surface area contributed by atoms with Crippen LogP contribution >= 0.6 is 0 Å². The van der Waals surface area contributed by atoms with Gasteiger partial charge in [0, 0.05) is 25.3 Å². The fourth-order valence-electron chi connectivity index (χ4n) is 2.18. The highest BCUT2D eigenvalue weighted by Gasteiger charge is 2.12. The zero-order chi connectivity index (χ0) is 15.2. The van der Waals surface area contributed by atoms with Gasteiger partial charge in [0.1, 0.15) is 11.3 Å². The van der Waals surface area contributed by atoms with E-state index >= 15 is 0 Å². The van der Waals surface area contributed by atoms with Crippen LogP contribution in [-0.2, 0) is 16.1 Å². The number of fused-ring (bicyclic) bond motifs is 1. The molecule has 0 fully saturated rings. The molecule has 5 heteroatoms. The van der Waals surface area contributed by atoms with Crippen molar-refractivity contribution >= 4 is 22.8 Å². The number of benzene rings is 1. The molecule has 21 heavy (non-hydrogen) atoms. The predicted molar refractivity (Wildman–Crippen MR) is 78.8 cm³/mol. The van der Waals surface area contributed by atoms with Gasteiger partial charge in [0.15, 0.2) is 0 Å². The third kappa shape index (κ3) is 4.34. The minimum Gasteiger partial charge on any atom is -0.481 e. The van der Waals surface area contributed by atoms with Crippen molar-refractivity contribution in [2.75, 3.05) is 7.05 Å². The smallest absolute Gasteiger partial charge is 0.303 e. The highest BCUT2D eigenvalue weighted by molar-refractivity contribution is 5.78. The number of carbonyl (C=O) groups is 2. The molecule has 112 valence electrons. The average molecular weight is 289 g/mol. The maximum atomic E-state index is 11.9. The van der Waals surface area contributed by atoms with Gasteiger partial charge in [-0.15, -0.1) is 0 Å². The molecule has 5 nitrogen and oxygen atoms in total.